The molecule has 1 N–H and O–H groups in total. The Bertz CT molecular complexity index is 521. The largest absolute Gasteiger partial charge is 0.469 e. The van der Waals surface area contributed by atoms with Crippen molar-refractivity contribution in [2.45, 2.75) is 32.1 Å². The first kappa shape index (κ1) is 17.2. The summed E-state index contributed by atoms with van der Waals surface area (Å²) < 4.78 is 33.9. The Kier molecular flexibility index (Phi) is 5.81. The molecule has 0 aromatic carbocycles. The summed E-state index contributed by atoms with van der Waals surface area (Å²) in [5.41, 5.74) is 0. The van der Waals surface area contributed by atoms with Crippen molar-refractivity contribution in [3.63, 3.8) is 0 Å². The third-order valence-electron chi connectivity index (χ3n) is 3.60. The van der Waals surface area contributed by atoms with Crippen molar-refractivity contribution in [2.75, 3.05) is 20.3 Å². The van der Waals surface area contributed by atoms with E-state index in [1.54, 1.807) is 26.0 Å². The van der Waals surface area contributed by atoms with E-state index in [1.807, 2.05) is 0 Å². The van der Waals surface area contributed by atoms with Crippen LogP contribution in [0.15, 0.2) is 22.8 Å². The molecular formula is C14H22NO6P. The maximum atomic E-state index is 12.9. The third kappa shape index (κ3) is 3.43. The molecule has 1 aromatic heterocycles. The highest BCUT2D eigenvalue weighted by atomic mass is 31.2. The molecule has 2 rings (SSSR count). The number of esters is 1. The van der Waals surface area contributed by atoms with E-state index in [9.17, 15) is 9.36 Å². The van der Waals surface area contributed by atoms with Crippen molar-refractivity contribution in [1.29, 1.82) is 0 Å². The van der Waals surface area contributed by atoms with E-state index in [2.05, 4.69) is 5.32 Å². The first-order valence-corrected chi connectivity index (χ1v) is 8.93. The van der Waals surface area contributed by atoms with E-state index in [0.29, 0.717) is 12.2 Å². The van der Waals surface area contributed by atoms with Crippen LogP contribution in [0.5, 0.6) is 0 Å². The second kappa shape index (κ2) is 7.42. The zero-order valence-electron chi connectivity index (χ0n) is 13.0. The summed E-state index contributed by atoms with van der Waals surface area (Å²) in [4.78, 5) is 12.0. The highest BCUT2D eigenvalue weighted by Crippen LogP contribution is 2.57. The van der Waals surface area contributed by atoms with E-state index in [4.69, 9.17) is 18.2 Å². The number of hydrogen-bond acceptors (Lipinski definition) is 7. The van der Waals surface area contributed by atoms with E-state index in [-0.39, 0.29) is 19.2 Å². The summed E-state index contributed by atoms with van der Waals surface area (Å²) in [5, 5.41) is 3.16. The number of nitrogens with one attached hydrogen (secondary N) is 1. The van der Waals surface area contributed by atoms with Crippen LogP contribution in [-0.2, 0) is 23.1 Å². The molecule has 1 aromatic rings. The predicted molar refractivity (Wildman–Crippen MR) is 79.4 cm³/mol. The van der Waals surface area contributed by atoms with Gasteiger partial charge in [0.25, 0.3) is 0 Å². The summed E-state index contributed by atoms with van der Waals surface area (Å²) in [6.07, 6.45) is 1.83. The molecule has 1 aliphatic heterocycles. The van der Waals surface area contributed by atoms with Crippen LogP contribution in [0.3, 0.4) is 0 Å². The zero-order chi connectivity index (χ0) is 16.2. The van der Waals surface area contributed by atoms with Crippen LogP contribution < -0.4 is 5.32 Å². The fourth-order valence-electron chi connectivity index (χ4n) is 2.70. The Morgan fingerprint density at radius 3 is 2.59 bits per heavy atom. The molecule has 8 heteroatoms. The van der Waals surface area contributed by atoms with Crippen LogP contribution in [0.25, 0.3) is 0 Å². The predicted octanol–water partition coefficient (Wildman–Crippen LogP) is 2.70. The quantitative estimate of drug-likeness (QED) is 0.607. The Labute approximate surface area is 129 Å². The van der Waals surface area contributed by atoms with Gasteiger partial charge in [-0.2, -0.15) is 0 Å². The molecule has 0 saturated carbocycles. The number of rotatable bonds is 7. The van der Waals surface area contributed by atoms with Gasteiger partial charge in [-0.3, -0.25) is 14.7 Å². The van der Waals surface area contributed by atoms with Crippen LogP contribution in [0.1, 0.15) is 32.1 Å². The lowest BCUT2D eigenvalue weighted by molar-refractivity contribution is -0.145. The second-order valence-electron chi connectivity index (χ2n) is 4.92. The SMILES string of the molecule is CCOP(=O)(OCC)[C@@H]1C[C@H](C(=O)OC)[C@H](c2ccco2)N1. The Morgan fingerprint density at radius 1 is 1.41 bits per heavy atom. The molecule has 22 heavy (non-hydrogen) atoms. The average molecular weight is 331 g/mol. The van der Waals surface area contributed by atoms with Gasteiger partial charge in [-0.25, -0.2) is 0 Å². The lowest BCUT2D eigenvalue weighted by Gasteiger charge is -2.23. The summed E-state index contributed by atoms with van der Waals surface area (Å²) in [6, 6.07) is 3.09. The van der Waals surface area contributed by atoms with E-state index < -0.39 is 25.3 Å². The fraction of sp³-hybridized carbons (Fsp3) is 0.643. The molecule has 2 heterocycles. The van der Waals surface area contributed by atoms with Crippen LogP contribution in [0, 0.1) is 5.92 Å². The molecule has 0 radical (unpaired) electrons. The van der Waals surface area contributed by atoms with E-state index >= 15 is 0 Å². The van der Waals surface area contributed by atoms with Gasteiger partial charge in [0.2, 0.25) is 0 Å². The molecule has 0 bridgehead atoms. The molecule has 0 spiro atoms. The number of methoxy groups -OCH3 is 1. The highest BCUT2D eigenvalue weighted by Gasteiger charge is 2.49. The minimum absolute atomic E-state index is 0.268. The van der Waals surface area contributed by atoms with Crippen LogP contribution in [0.4, 0.5) is 0 Å². The molecule has 0 unspecified atom stereocenters. The normalized spacial score (nSPS) is 25.3. The van der Waals surface area contributed by atoms with Gasteiger partial charge in [0.15, 0.2) is 0 Å². The molecule has 124 valence electrons. The summed E-state index contributed by atoms with van der Waals surface area (Å²) >= 11 is 0. The second-order valence-corrected chi connectivity index (χ2v) is 7.14. The molecule has 7 nitrogen and oxygen atoms in total. The van der Waals surface area contributed by atoms with Gasteiger partial charge in [0, 0.05) is 0 Å². The molecule has 1 saturated heterocycles. The molecule has 0 amide bonds. The summed E-state index contributed by atoms with van der Waals surface area (Å²) in [7, 11) is -2.02. The Morgan fingerprint density at radius 2 is 2.09 bits per heavy atom. The number of hydrogen-bond donors (Lipinski definition) is 1. The maximum absolute atomic E-state index is 12.9. The summed E-state index contributed by atoms with van der Waals surface area (Å²) in [5.74, 6) is -0.865. The maximum Gasteiger partial charge on any atom is 0.347 e. The van der Waals surface area contributed by atoms with Gasteiger partial charge in [0.1, 0.15) is 11.5 Å². The van der Waals surface area contributed by atoms with Gasteiger partial charge < -0.3 is 18.2 Å². The number of furan rings is 1. The molecule has 1 aliphatic rings. The van der Waals surface area contributed by atoms with Gasteiger partial charge in [0.05, 0.1) is 38.5 Å². The first-order chi connectivity index (χ1) is 10.6. The van der Waals surface area contributed by atoms with Crippen molar-refractivity contribution in [1.82, 2.24) is 5.32 Å². The van der Waals surface area contributed by atoms with Crippen molar-refractivity contribution in [3.8, 4) is 0 Å². The van der Waals surface area contributed by atoms with Crippen LogP contribution >= 0.6 is 7.60 Å². The van der Waals surface area contributed by atoms with Gasteiger partial charge in [-0.15, -0.1) is 0 Å². The molecular weight excluding hydrogens is 309 g/mol. The van der Waals surface area contributed by atoms with Crippen molar-refractivity contribution in [3.05, 3.63) is 24.2 Å². The van der Waals surface area contributed by atoms with E-state index in [0.717, 1.165) is 0 Å². The third-order valence-corrected chi connectivity index (χ3v) is 5.96. The molecule has 1 fully saturated rings. The fourth-order valence-corrected chi connectivity index (χ4v) is 4.68. The van der Waals surface area contributed by atoms with Crippen LogP contribution in [0.2, 0.25) is 0 Å². The van der Waals surface area contributed by atoms with Crippen molar-refractivity contribution < 1.29 is 27.6 Å². The average Bonchev–Trinajstić information content (AvgIpc) is 3.15. The molecule has 0 aliphatic carbocycles. The molecule has 3 atom stereocenters. The Balaban J connectivity index is 2.25. The smallest absolute Gasteiger partial charge is 0.347 e. The lowest BCUT2D eigenvalue weighted by atomic mass is 9.99. The van der Waals surface area contributed by atoms with Crippen LogP contribution in [-0.4, -0.2) is 32.1 Å². The zero-order valence-corrected chi connectivity index (χ0v) is 13.9. The van der Waals surface area contributed by atoms with Crippen molar-refractivity contribution in [2.24, 2.45) is 5.92 Å². The van der Waals surface area contributed by atoms with Gasteiger partial charge in [-0.1, -0.05) is 0 Å². The minimum atomic E-state index is -3.35. The highest BCUT2D eigenvalue weighted by molar-refractivity contribution is 7.54. The number of carbonyl (C=O) groups excluding carboxylic acids is 1. The van der Waals surface area contributed by atoms with E-state index in [1.165, 1.54) is 13.4 Å². The standard InChI is InChI=1S/C14H22NO6P/c1-4-20-22(17,21-5-2)12-9-10(14(16)18-3)13(15-12)11-7-6-8-19-11/h6-8,10,12-13,15H,4-5,9H2,1-3H3/t10-,12+,13+/m0/s1. The van der Waals surface area contributed by atoms with Gasteiger partial charge >= 0.3 is 13.6 Å². The van der Waals surface area contributed by atoms with Gasteiger partial charge in [-0.05, 0) is 32.4 Å². The number of ether oxygens (including phenoxy) is 1. The topological polar surface area (TPSA) is 87.0 Å². The summed E-state index contributed by atoms with van der Waals surface area (Å²) in [6.45, 7) is 4.04. The Hall–Kier alpha value is -1.14. The first-order valence-electron chi connectivity index (χ1n) is 7.31. The number of carbonyl (C=O) groups is 1. The van der Waals surface area contributed by atoms with Crippen molar-refractivity contribution >= 4 is 13.6 Å². The minimum Gasteiger partial charge on any atom is -0.469 e. The monoisotopic (exact) mass is 331 g/mol. The lowest BCUT2D eigenvalue weighted by Crippen LogP contribution is -2.27.